The Balaban J connectivity index is 1.78. The molecule has 2 aromatic rings. The molecule has 0 fully saturated rings. The van der Waals surface area contributed by atoms with Crippen molar-refractivity contribution in [2.24, 2.45) is 0 Å². The number of methoxy groups -OCH3 is 2. The van der Waals surface area contributed by atoms with Crippen molar-refractivity contribution < 1.29 is 9.47 Å². The number of rotatable bonds is 14. The number of hydrogen-bond donors (Lipinski definition) is 0. The average molecular weight is 578 g/mol. The van der Waals surface area contributed by atoms with Crippen molar-refractivity contribution >= 4 is 32.6 Å². The topological polar surface area (TPSA) is 21.7 Å². The van der Waals surface area contributed by atoms with Gasteiger partial charge in [0.05, 0.1) is 0 Å². The van der Waals surface area contributed by atoms with Crippen molar-refractivity contribution in [2.45, 2.75) is 92.1 Å². The van der Waals surface area contributed by atoms with Crippen molar-refractivity contribution in [1.29, 1.82) is 0 Å². The van der Waals surface area contributed by atoms with E-state index in [0.717, 1.165) is 31.1 Å². The van der Waals surface area contributed by atoms with Crippen molar-refractivity contribution in [1.82, 2.24) is 4.90 Å². The van der Waals surface area contributed by atoms with Gasteiger partial charge in [-0.15, -0.1) is 0 Å². The molecule has 0 N–H and O–H groups in total. The van der Waals surface area contributed by atoms with E-state index in [9.17, 15) is 0 Å². The standard InChI is InChI=1S/C16H18NO2S.3C4H9.Sn/c1-18-14-4-3-12(9-15(14)19-2)10-17-7-5-16-13(11-17)6-8-20-16;3*1-3-4-2;/h3-4,6,9H,5,7,10-11H2,1-2H3;3*1,3-4H2,2H3;. The molecule has 1 aliphatic heterocycles. The van der Waals surface area contributed by atoms with Crippen LogP contribution in [-0.4, -0.2) is 44.0 Å². The number of nitrogens with zero attached hydrogens (tertiary/aromatic N) is 1. The summed E-state index contributed by atoms with van der Waals surface area (Å²) < 4.78 is 17.5. The average Bonchev–Trinajstić information content (AvgIpc) is 3.27. The predicted octanol–water partition coefficient (Wildman–Crippen LogP) is 7.38. The Morgan fingerprint density at radius 1 is 0.879 bits per heavy atom. The molecule has 2 heterocycles. The van der Waals surface area contributed by atoms with Gasteiger partial charge in [-0.1, -0.05) is 0 Å². The van der Waals surface area contributed by atoms with Gasteiger partial charge in [0.2, 0.25) is 0 Å². The summed E-state index contributed by atoms with van der Waals surface area (Å²) in [5.74, 6) is 1.63. The summed E-state index contributed by atoms with van der Waals surface area (Å²) in [6, 6.07) is 9.05. The first-order valence-electron chi connectivity index (χ1n) is 13.1. The third-order valence-electron chi connectivity index (χ3n) is 7.35. The Bertz CT molecular complexity index is 844. The van der Waals surface area contributed by atoms with Gasteiger partial charge in [-0.3, -0.25) is 0 Å². The molecule has 3 nitrogen and oxygen atoms in total. The van der Waals surface area contributed by atoms with Crippen LogP contribution < -0.4 is 12.4 Å². The zero-order valence-electron chi connectivity index (χ0n) is 21.7. The van der Waals surface area contributed by atoms with E-state index >= 15 is 0 Å². The summed E-state index contributed by atoms with van der Waals surface area (Å²) in [6.45, 7) is 10.4. The van der Waals surface area contributed by atoms with E-state index in [1.807, 2.05) is 8.96 Å². The van der Waals surface area contributed by atoms with Gasteiger partial charge in [-0.2, -0.15) is 0 Å². The van der Waals surface area contributed by atoms with E-state index in [1.165, 1.54) is 50.5 Å². The molecular formula is C28H45NO2SSn. The van der Waals surface area contributed by atoms with Crippen LogP contribution in [0.1, 0.15) is 75.3 Å². The number of benzene rings is 1. The summed E-state index contributed by atoms with van der Waals surface area (Å²) >= 11 is -0.0781. The second kappa shape index (κ2) is 13.4. The molecule has 33 heavy (non-hydrogen) atoms. The zero-order valence-corrected chi connectivity index (χ0v) is 25.3. The van der Waals surface area contributed by atoms with E-state index in [0.29, 0.717) is 0 Å². The van der Waals surface area contributed by atoms with Crippen LogP contribution in [-0.2, 0) is 19.5 Å². The Labute approximate surface area is 210 Å². The van der Waals surface area contributed by atoms with Gasteiger partial charge in [0, 0.05) is 0 Å². The molecule has 0 radical (unpaired) electrons. The van der Waals surface area contributed by atoms with Crippen molar-refractivity contribution in [3.8, 4) is 11.5 Å². The molecule has 0 spiro atoms. The Morgan fingerprint density at radius 3 is 2.09 bits per heavy atom. The van der Waals surface area contributed by atoms with E-state index in [4.69, 9.17) is 9.47 Å². The molecule has 1 aromatic heterocycles. The molecule has 0 bridgehead atoms. The maximum absolute atomic E-state index is 5.52. The fraction of sp³-hybridized carbons (Fsp3) is 0.643. The number of ether oxygens (including phenoxy) is 2. The third-order valence-corrected chi connectivity index (χ3v) is 26.8. The molecule has 0 amide bonds. The van der Waals surface area contributed by atoms with Crippen LogP contribution in [0, 0.1) is 0 Å². The molecule has 0 atom stereocenters. The van der Waals surface area contributed by atoms with Crippen molar-refractivity contribution in [2.75, 3.05) is 20.8 Å². The number of hydrogen-bond acceptors (Lipinski definition) is 4. The van der Waals surface area contributed by atoms with E-state index in [1.54, 1.807) is 38.0 Å². The number of fused-ring (bicyclic) bond motifs is 1. The van der Waals surface area contributed by atoms with Gasteiger partial charge in [0.1, 0.15) is 0 Å². The van der Waals surface area contributed by atoms with Crippen molar-refractivity contribution in [3.05, 3.63) is 40.3 Å². The molecule has 0 unspecified atom stereocenters. The Kier molecular flexibility index (Phi) is 10.9. The van der Waals surface area contributed by atoms with Crippen LogP contribution >= 0.6 is 11.3 Å². The normalized spacial score (nSPS) is 14.3. The first-order chi connectivity index (χ1) is 16.1. The summed E-state index contributed by atoms with van der Waals surface area (Å²) in [5, 5.41) is 0. The SMILES string of the molecule is CCC[CH2][Sn]([CH2]CCC)([CH2]CCC)[c]1cc2c(s1)CCN(Cc1ccc(OC)c(OC)c1)C2. The van der Waals surface area contributed by atoms with Crippen LogP contribution in [0.4, 0.5) is 0 Å². The summed E-state index contributed by atoms with van der Waals surface area (Å²) in [7, 11) is 3.42. The molecular weight excluding hydrogens is 533 g/mol. The van der Waals surface area contributed by atoms with E-state index < -0.39 is 18.4 Å². The van der Waals surface area contributed by atoms with Gasteiger partial charge in [0.15, 0.2) is 0 Å². The first kappa shape index (κ1) is 26.9. The quantitative estimate of drug-likeness (QED) is 0.219. The van der Waals surface area contributed by atoms with Crippen LogP contribution in [0.15, 0.2) is 24.3 Å². The van der Waals surface area contributed by atoms with Crippen LogP contribution in [0.2, 0.25) is 13.3 Å². The van der Waals surface area contributed by atoms with Crippen LogP contribution in [0.25, 0.3) is 0 Å². The summed E-state index contributed by atoms with van der Waals surface area (Å²) in [5.41, 5.74) is 2.93. The Hall–Kier alpha value is -0.721. The molecule has 1 aliphatic rings. The summed E-state index contributed by atoms with van der Waals surface area (Å²) in [4.78, 5) is 4.31. The number of unbranched alkanes of at least 4 members (excludes halogenated alkanes) is 3. The summed E-state index contributed by atoms with van der Waals surface area (Å²) in [6.07, 6.45) is 9.58. The van der Waals surface area contributed by atoms with Gasteiger partial charge in [-0.25, -0.2) is 0 Å². The molecule has 5 heteroatoms. The third kappa shape index (κ3) is 6.91. The van der Waals surface area contributed by atoms with E-state index in [2.05, 4.69) is 55.2 Å². The molecule has 3 rings (SSSR count). The molecule has 1 aromatic carbocycles. The van der Waals surface area contributed by atoms with Crippen molar-refractivity contribution in [3.63, 3.8) is 0 Å². The molecule has 0 aliphatic carbocycles. The fourth-order valence-electron chi connectivity index (χ4n) is 5.32. The zero-order chi connectivity index (χ0) is 23.7. The van der Waals surface area contributed by atoms with Crippen LogP contribution in [0.5, 0.6) is 11.5 Å². The predicted molar refractivity (Wildman–Crippen MR) is 146 cm³/mol. The van der Waals surface area contributed by atoms with Gasteiger partial charge >= 0.3 is 212 Å². The van der Waals surface area contributed by atoms with Gasteiger partial charge in [0.25, 0.3) is 0 Å². The number of thiophene rings is 1. The van der Waals surface area contributed by atoms with Crippen LogP contribution in [0.3, 0.4) is 0 Å². The second-order valence-electron chi connectivity index (χ2n) is 9.80. The fourth-order valence-corrected chi connectivity index (χ4v) is 25.9. The first-order valence-corrected chi connectivity index (χ1v) is 21.4. The van der Waals surface area contributed by atoms with Gasteiger partial charge < -0.3 is 0 Å². The minimum atomic E-state index is -2.32. The molecule has 0 saturated carbocycles. The van der Waals surface area contributed by atoms with Gasteiger partial charge in [-0.05, 0) is 0 Å². The minimum absolute atomic E-state index is 0.805. The maximum atomic E-state index is 5.52. The van der Waals surface area contributed by atoms with E-state index in [-0.39, 0.29) is 0 Å². The monoisotopic (exact) mass is 579 g/mol. The molecule has 184 valence electrons. The molecule has 0 saturated heterocycles. The second-order valence-corrected chi connectivity index (χ2v) is 25.1. The Morgan fingerprint density at radius 2 is 1.52 bits per heavy atom.